The third kappa shape index (κ3) is 3.86. The van der Waals surface area contributed by atoms with Gasteiger partial charge in [-0.3, -0.25) is 4.79 Å². The maximum atomic E-state index is 13.1. The van der Waals surface area contributed by atoms with Crippen LogP contribution in [0.1, 0.15) is 52.9 Å². The van der Waals surface area contributed by atoms with Crippen LogP contribution in [0.4, 0.5) is 5.69 Å². The van der Waals surface area contributed by atoms with Crippen LogP contribution in [0.25, 0.3) is 0 Å². The van der Waals surface area contributed by atoms with Crippen molar-refractivity contribution in [3.63, 3.8) is 0 Å². The predicted octanol–water partition coefficient (Wildman–Crippen LogP) is 2.93. The molecule has 1 aromatic rings. The molecule has 0 radical (unpaired) electrons. The number of hydrogen-bond acceptors (Lipinski definition) is 5. The molecule has 1 aliphatic heterocycles. The average Bonchev–Trinajstić information content (AvgIpc) is 2.93. The quantitative estimate of drug-likeness (QED) is 0.842. The Balaban J connectivity index is 1.65. The molecule has 1 aromatic heterocycles. The zero-order valence-electron chi connectivity index (χ0n) is 16.0. The van der Waals surface area contributed by atoms with Gasteiger partial charge in [0.1, 0.15) is 0 Å². The van der Waals surface area contributed by atoms with Crippen molar-refractivity contribution in [3.05, 3.63) is 18.3 Å². The van der Waals surface area contributed by atoms with E-state index in [1.54, 1.807) is 6.20 Å². The van der Waals surface area contributed by atoms with Crippen molar-refractivity contribution in [2.75, 3.05) is 24.7 Å². The summed E-state index contributed by atoms with van der Waals surface area (Å²) in [5, 5.41) is 10.6. The first kappa shape index (κ1) is 19.1. The largest absolute Gasteiger partial charge is 0.475 e. The number of anilines is 1. The molecular weight excluding hydrogens is 332 g/mol. The molecule has 1 saturated carbocycles. The van der Waals surface area contributed by atoms with Crippen LogP contribution in [-0.4, -0.2) is 47.5 Å². The van der Waals surface area contributed by atoms with Gasteiger partial charge >= 0.3 is 0 Å². The van der Waals surface area contributed by atoms with E-state index in [1.807, 2.05) is 37.8 Å². The lowest BCUT2D eigenvalue weighted by molar-refractivity contribution is -0.133. The van der Waals surface area contributed by atoms with Crippen LogP contribution in [-0.2, 0) is 9.53 Å². The minimum Gasteiger partial charge on any atom is -0.475 e. The second-order valence-corrected chi connectivity index (χ2v) is 7.87. The molecule has 144 valence electrons. The molecule has 1 spiro atoms. The van der Waals surface area contributed by atoms with Crippen LogP contribution in [0.15, 0.2) is 18.3 Å². The summed E-state index contributed by atoms with van der Waals surface area (Å²) in [6.45, 7) is 7.51. The van der Waals surface area contributed by atoms with Crippen molar-refractivity contribution in [1.82, 2.24) is 4.98 Å². The molecule has 26 heavy (non-hydrogen) atoms. The molecule has 0 aromatic carbocycles. The molecule has 2 fully saturated rings. The Morgan fingerprint density at radius 2 is 1.96 bits per heavy atom. The minimum atomic E-state index is -0.785. The summed E-state index contributed by atoms with van der Waals surface area (Å²) in [4.78, 5) is 19.3. The first-order valence-electron chi connectivity index (χ1n) is 9.62. The number of pyridine rings is 1. The van der Waals surface area contributed by atoms with Gasteiger partial charge in [-0.25, -0.2) is 4.98 Å². The van der Waals surface area contributed by atoms with E-state index < -0.39 is 5.60 Å². The van der Waals surface area contributed by atoms with E-state index in [0.29, 0.717) is 51.3 Å². The molecule has 1 aliphatic carbocycles. The number of carbonyl (C=O) groups is 1. The summed E-state index contributed by atoms with van der Waals surface area (Å²) in [6.07, 6.45) is 5.28. The molecule has 2 heterocycles. The van der Waals surface area contributed by atoms with Crippen LogP contribution in [0.2, 0.25) is 0 Å². The fraction of sp³-hybridized carbons (Fsp3) is 0.700. The third-order valence-corrected chi connectivity index (χ3v) is 5.61. The number of hydrogen-bond donors (Lipinski definition) is 1. The Morgan fingerprint density at radius 3 is 2.54 bits per heavy atom. The Labute approximate surface area is 155 Å². The van der Waals surface area contributed by atoms with Crippen molar-refractivity contribution >= 4 is 11.6 Å². The van der Waals surface area contributed by atoms with Gasteiger partial charge in [0.15, 0.2) is 0 Å². The topological polar surface area (TPSA) is 71.9 Å². The van der Waals surface area contributed by atoms with Crippen LogP contribution < -0.4 is 9.64 Å². The fourth-order valence-electron chi connectivity index (χ4n) is 4.00. The summed E-state index contributed by atoms with van der Waals surface area (Å²) in [7, 11) is 0. The van der Waals surface area contributed by atoms with Gasteiger partial charge in [-0.05, 0) is 58.9 Å². The maximum absolute atomic E-state index is 13.1. The van der Waals surface area contributed by atoms with Crippen molar-refractivity contribution in [1.29, 1.82) is 0 Å². The van der Waals surface area contributed by atoms with E-state index in [9.17, 15) is 9.90 Å². The lowest BCUT2D eigenvalue weighted by Crippen LogP contribution is -2.45. The normalized spacial score (nSPS) is 29.0. The van der Waals surface area contributed by atoms with E-state index in [2.05, 4.69) is 4.98 Å². The highest BCUT2D eigenvalue weighted by atomic mass is 16.5. The lowest BCUT2D eigenvalue weighted by atomic mass is 9.68. The Morgan fingerprint density at radius 1 is 1.23 bits per heavy atom. The average molecular weight is 362 g/mol. The zero-order valence-corrected chi connectivity index (χ0v) is 16.0. The van der Waals surface area contributed by atoms with Crippen LogP contribution in [0.5, 0.6) is 5.88 Å². The molecule has 0 unspecified atom stereocenters. The molecule has 1 amide bonds. The number of aromatic nitrogens is 1. The Hall–Kier alpha value is -1.66. The smallest absolute Gasteiger partial charge is 0.233 e. The predicted molar refractivity (Wildman–Crippen MR) is 99.3 cm³/mol. The van der Waals surface area contributed by atoms with Crippen molar-refractivity contribution in [2.45, 2.75) is 64.6 Å². The summed E-state index contributed by atoms with van der Waals surface area (Å²) in [5.41, 5.74) is -0.309. The molecule has 1 N–H and O–H groups in total. The van der Waals surface area contributed by atoms with Gasteiger partial charge < -0.3 is 19.5 Å². The van der Waals surface area contributed by atoms with Crippen molar-refractivity contribution in [3.8, 4) is 5.88 Å². The number of ether oxygens (including phenoxy) is 2. The number of nitrogens with zero attached hydrogens (tertiary/aromatic N) is 2. The van der Waals surface area contributed by atoms with Gasteiger partial charge in [-0.2, -0.15) is 0 Å². The molecule has 0 atom stereocenters. The van der Waals surface area contributed by atoms with Crippen LogP contribution >= 0.6 is 0 Å². The van der Waals surface area contributed by atoms with E-state index in [-0.39, 0.29) is 17.4 Å². The summed E-state index contributed by atoms with van der Waals surface area (Å²) in [5.74, 6) is 0.735. The van der Waals surface area contributed by atoms with Gasteiger partial charge in [-0.15, -0.1) is 0 Å². The zero-order chi connectivity index (χ0) is 18.8. The minimum absolute atomic E-state index is 0.0720. The Kier molecular flexibility index (Phi) is 5.53. The van der Waals surface area contributed by atoms with Gasteiger partial charge in [0.2, 0.25) is 11.8 Å². The second kappa shape index (κ2) is 7.53. The van der Waals surface area contributed by atoms with Gasteiger partial charge in [-0.1, -0.05) is 0 Å². The number of carbonyl (C=O) groups excluding carboxylic acids is 1. The third-order valence-electron chi connectivity index (χ3n) is 5.61. The maximum Gasteiger partial charge on any atom is 0.233 e. The fourth-order valence-corrected chi connectivity index (χ4v) is 4.00. The highest BCUT2D eigenvalue weighted by Gasteiger charge is 2.51. The first-order valence-corrected chi connectivity index (χ1v) is 9.62. The first-order chi connectivity index (χ1) is 12.4. The highest BCUT2D eigenvalue weighted by Crippen LogP contribution is 2.48. The monoisotopic (exact) mass is 362 g/mol. The van der Waals surface area contributed by atoms with E-state index in [4.69, 9.17) is 9.47 Å². The van der Waals surface area contributed by atoms with Crippen LogP contribution in [0.3, 0.4) is 0 Å². The molecular formula is C20H30N2O4. The molecule has 0 bridgehead atoms. The Bertz CT molecular complexity index is 621. The molecule has 1 saturated heterocycles. The van der Waals surface area contributed by atoms with Crippen LogP contribution in [0, 0.1) is 5.41 Å². The van der Waals surface area contributed by atoms with Gasteiger partial charge in [0.05, 0.1) is 35.6 Å². The molecule has 6 nitrogen and oxygen atoms in total. The van der Waals surface area contributed by atoms with Gasteiger partial charge in [0, 0.05) is 19.2 Å². The van der Waals surface area contributed by atoms with E-state index in [0.717, 1.165) is 12.1 Å². The number of aliphatic hydroxyl groups is 1. The van der Waals surface area contributed by atoms with E-state index >= 15 is 0 Å². The standard InChI is InChI=1S/C20H30N2O4/c1-4-25-14-20(24)9-7-19(8-10-20)11-12-22(18(19)23)16-5-6-17(21-13-16)26-15(2)3/h5-6,13,15,24H,4,7-12,14H2,1-3H3/t19-,20-. The highest BCUT2D eigenvalue weighted by molar-refractivity contribution is 5.99. The molecule has 6 heteroatoms. The second-order valence-electron chi connectivity index (χ2n) is 7.87. The number of amides is 1. The molecule has 3 rings (SSSR count). The SMILES string of the molecule is CCOC[C@]1(O)CC[C@@]2(CCN(c3ccc(OC(C)C)nc3)C2=O)CC1. The van der Waals surface area contributed by atoms with Crippen molar-refractivity contribution < 1.29 is 19.4 Å². The van der Waals surface area contributed by atoms with Gasteiger partial charge in [0.25, 0.3) is 0 Å². The van der Waals surface area contributed by atoms with Crippen molar-refractivity contribution in [2.24, 2.45) is 5.41 Å². The number of rotatable bonds is 6. The summed E-state index contributed by atoms with van der Waals surface area (Å²) in [6, 6.07) is 3.71. The van der Waals surface area contributed by atoms with E-state index in [1.165, 1.54) is 0 Å². The summed E-state index contributed by atoms with van der Waals surface area (Å²) < 4.78 is 11.0. The summed E-state index contributed by atoms with van der Waals surface area (Å²) >= 11 is 0. The lowest BCUT2D eigenvalue weighted by Gasteiger charge is -2.40. The molecule has 2 aliphatic rings.